The SMILES string of the molecule is COc1ccc(OC)c(/C=N\NC(=O)c2cccn(C(C)C)c2=O)c1. The number of pyridine rings is 1. The molecular formula is C18H21N3O4. The average Bonchev–Trinajstić information content (AvgIpc) is 2.61. The first-order valence-electron chi connectivity index (χ1n) is 7.74. The molecule has 0 bridgehead atoms. The summed E-state index contributed by atoms with van der Waals surface area (Å²) >= 11 is 0. The topological polar surface area (TPSA) is 81.9 Å². The number of benzene rings is 1. The summed E-state index contributed by atoms with van der Waals surface area (Å²) < 4.78 is 11.9. The van der Waals surface area contributed by atoms with Gasteiger partial charge in [0.15, 0.2) is 0 Å². The number of hydrogen-bond acceptors (Lipinski definition) is 5. The van der Waals surface area contributed by atoms with E-state index < -0.39 is 5.91 Å². The lowest BCUT2D eigenvalue weighted by Crippen LogP contribution is -2.31. The molecule has 0 unspecified atom stereocenters. The van der Waals surface area contributed by atoms with Crippen LogP contribution >= 0.6 is 0 Å². The maximum Gasteiger partial charge on any atom is 0.276 e. The first-order chi connectivity index (χ1) is 12.0. The summed E-state index contributed by atoms with van der Waals surface area (Å²) in [4.78, 5) is 24.5. The van der Waals surface area contributed by atoms with E-state index in [1.54, 1.807) is 37.6 Å². The van der Waals surface area contributed by atoms with Crippen LogP contribution in [0.1, 0.15) is 35.8 Å². The quantitative estimate of drug-likeness (QED) is 0.644. The minimum absolute atomic E-state index is 0.0333. The van der Waals surface area contributed by atoms with Crippen LogP contribution in [0.5, 0.6) is 11.5 Å². The van der Waals surface area contributed by atoms with E-state index in [1.807, 2.05) is 13.8 Å². The molecule has 7 nitrogen and oxygen atoms in total. The molecular weight excluding hydrogens is 322 g/mol. The highest BCUT2D eigenvalue weighted by Gasteiger charge is 2.12. The van der Waals surface area contributed by atoms with E-state index in [0.29, 0.717) is 17.1 Å². The van der Waals surface area contributed by atoms with Crippen molar-refractivity contribution in [2.75, 3.05) is 14.2 Å². The first kappa shape index (κ1) is 18.3. The number of nitrogens with one attached hydrogen (secondary N) is 1. The van der Waals surface area contributed by atoms with Gasteiger partial charge in [0.25, 0.3) is 11.5 Å². The molecule has 2 rings (SSSR count). The molecule has 1 heterocycles. The summed E-state index contributed by atoms with van der Waals surface area (Å²) in [6.45, 7) is 3.74. The Morgan fingerprint density at radius 1 is 1.24 bits per heavy atom. The van der Waals surface area contributed by atoms with E-state index in [-0.39, 0.29) is 17.2 Å². The molecule has 2 aromatic rings. The number of methoxy groups -OCH3 is 2. The summed E-state index contributed by atoms with van der Waals surface area (Å²) in [5.41, 5.74) is 2.67. The molecule has 0 radical (unpaired) electrons. The smallest absolute Gasteiger partial charge is 0.276 e. The van der Waals surface area contributed by atoms with Crippen molar-refractivity contribution >= 4 is 12.1 Å². The van der Waals surface area contributed by atoms with Gasteiger partial charge < -0.3 is 14.0 Å². The Morgan fingerprint density at radius 3 is 2.64 bits per heavy atom. The van der Waals surface area contributed by atoms with Crippen molar-refractivity contribution in [3.63, 3.8) is 0 Å². The van der Waals surface area contributed by atoms with Gasteiger partial charge >= 0.3 is 0 Å². The Morgan fingerprint density at radius 2 is 2.00 bits per heavy atom. The lowest BCUT2D eigenvalue weighted by Gasteiger charge is -2.10. The second kappa shape index (κ2) is 8.14. The molecule has 0 fully saturated rings. The molecule has 0 spiro atoms. The van der Waals surface area contributed by atoms with E-state index in [2.05, 4.69) is 10.5 Å². The predicted octanol–water partition coefficient (Wildman–Crippen LogP) is 2.21. The van der Waals surface area contributed by atoms with Crippen LogP contribution in [0, 0.1) is 0 Å². The number of hydrogen-bond donors (Lipinski definition) is 1. The van der Waals surface area contributed by atoms with Gasteiger partial charge in [-0.2, -0.15) is 5.10 Å². The standard InChI is InChI=1S/C18H21N3O4/c1-12(2)21-9-5-6-15(18(21)23)17(22)20-19-11-13-10-14(24-3)7-8-16(13)25-4/h5-12H,1-4H3,(H,20,22)/b19-11-. The van der Waals surface area contributed by atoms with Crippen LogP contribution in [-0.2, 0) is 0 Å². The van der Waals surface area contributed by atoms with Gasteiger partial charge in [-0.25, -0.2) is 5.43 Å². The summed E-state index contributed by atoms with van der Waals surface area (Å²) in [6, 6.07) is 8.31. The second-order valence-corrected chi connectivity index (χ2v) is 5.54. The maximum absolute atomic E-state index is 12.3. The zero-order chi connectivity index (χ0) is 18.4. The van der Waals surface area contributed by atoms with E-state index >= 15 is 0 Å². The normalized spacial score (nSPS) is 10.9. The Labute approximate surface area is 145 Å². The fourth-order valence-corrected chi connectivity index (χ4v) is 2.25. The molecule has 0 saturated carbocycles. The molecule has 1 aromatic carbocycles. The molecule has 1 aromatic heterocycles. The molecule has 25 heavy (non-hydrogen) atoms. The number of nitrogens with zero attached hydrogens (tertiary/aromatic N) is 2. The first-order valence-corrected chi connectivity index (χ1v) is 7.74. The summed E-state index contributed by atoms with van der Waals surface area (Å²) in [5.74, 6) is 0.648. The molecule has 0 saturated heterocycles. The minimum atomic E-state index is -0.571. The van der Waals surface area contributed by atoms with Crippen LogP contribution in [0.15, 0.2) is 46.4 Å². The fraction of sp³-hybridized carbons (Fsp3) is 0.278. The summed E-state index contributed by atoms with van der Waals surface area (Å²) in [6.07, 6.45) is 3.08. The van der Waals surface area contributed by atoms with Gasteiger partial charge in [-0.05, 0) is 44.2 Å². The van der Waals surface area contributed by atoms with Crippen LogP contribution in [0.2, 0.25) is 0 Å². The molecule has 0 aliphatic carbocycles. The molecule has 0 atom stereocenters. The lowest BCUT2D eigenvalue weighted by atomic mass is 10.2. The lowest BCUT2D eigenvalue weighted by molar-refractivity contribution is 0.0953. The van der Waals surface area contributed by atoms with Gasteiger partial charge in [0.05, 0.1) is 20.4 Å². The molecule has 1 N–H and O–H groups in total. The van der Waals surface area contributed by atoms with Crippen molar-refractivity contribution in [3.8, 4) is 11.5 Å². The van der Waals surface area contributed by atoms with Gasteiger partial charge in [-0.15, -0.1) is 0 Å². The molecule has 7 heteroatoms. The fourth-order valence-electron chi connectivity index (χ4n) is 2.25. The van der Waals surface area contributed by atoms with Crippen LogP contribution in [0.25, 0.3) is 0 Å². The van der Waals surface area contributed by atoms with Gasteiger partial charge in [0.2, 0.25) is 0 Å². The zero-order valence-electron chi connectivity index (χ0n) is 14.6. The van der Waals surface area contributed by atoms with Crippen molar-refractivity contribution < 1.29 is 14.3 Å². The van der Waals surface area contributed by atoms with Crippen LogP contribution < -0.4 is 20.5 Å². The van der Waals surface area contributed by atoms with Crippen LogP contribution in [0.4, 0.5) is 0 Å². The third kappa shape index (κ3) is 4.26. The zero-order valence-corrected chi connectivity index (χ0v) is 14.6. The van der Waals surface area contributed by atoms with Crippen LogP contribution in [-0.4, -0.2) is 30.9 Å². The largest absolute Gasteiger partial charge is 0.497 e. The Hall–Kier alpha value is -3.09. The van der Waals surface area contributed by atoms with Gasteiger partial charge in [0.1, 0.15) is 17.1 Å². The Bertz CT molecular complexity index is 840. The monoisotopic (exact) mass is 343 g/mol. The van der Waals surface area contributed by atoms with Crippen molar-refractivity contribution in [1.82, 2.24) is 9.99 Å². The third-order valence-corrected chi connectivity index (χ3v) is 3.58. The average molecular weight is 343 g/mol. The maximum atomic E-state index is 12.3. The highest BCUT2D eigenvalue weighted by Crippen LogP contribution is 2.22. The van der Waals surface area contributed by atoms with Gasteiger partial charge in [-0.3, -0.25) is 9.59 Å². The number of hydrazone groups is 1. The second-order valence-electron chi connectivity index (χ2n) is 5.54. The van der Waals surface area contributed by atoms with E-state index in [9.17, 15) is 9.59 Å². The third-order valence-electron chi connectivity index (χ3n) is 3.58. The number of aromatic nitrogens is 1. The number of ether oxygens (including phenoxy) is 2. The molecule has 132 valence electrons. The molecule has 0 aliphatic heterocycles. The predicted molar refractivity (Wildman–Crippen MR) is 95.7 cm³/mol. The Kier molecular flexibility index (Phi) is 5.94. The van der Waals surface area contributed by atoms with Gasteiger partial charge in [0, 0.05) is 17.8 Å². The highest BCUT2D eigenvalue weighted by atomic mass is 16.5. The van der Waals surface area contributed by atoms with E-state index in [1.165, 1.54) is 24.0 Å². The highest BCUT2D eigenvalue weighted by molar-refractivity contribution is 5.94. The minimum Gasteiger partial charge on any atom is -0.497 e. The van der Waals surface area contributed by atoms with Crippen molar-refractivity contribution in [2.45, 2.75) is 19.9 Å². The van der Waals surface area contributed by atoms with Crippen LogP contribution in [0.3, 0.4) is 0 Å². The Balaban J connectivity index is 2.19. The summed E-state index contributed by atoms with van der Waals surface area (Å²) in [7, 11) is 3.09. The molecule has 0 aliphatic rings. The number of carbonyl (C=O) groups is 1. The number of amides is 1. The van der Waals surface area contributed by atoms with Crippen molar-refractivity contribution in [1.29, 1.82) is 0 Å². The number of rotatable bonds is 6. The van der Waals surface area contributed by atoms with Gasteiger partial charge in [-0.1, -0.05) is 0 Å². The van der Waals surface area contributed by atoms with Crippen molar-refractivity contribution in [3.05, 3.63) is 58.0 Å². The molecule has 1 amide bonds. The van der Waals surface area contributed by atoms with E-state index in [0.717, 1.165) is 0 Å². The van der Waals surface area contributed by atoms with Crippen molar-refractivity contribution in [2.24, 2.45) is 5.10 Å². The summed E-state index contributed by atoms with van der Waals surface area (Å²) in [5, 5.41) is 3.91. The van der Waals surface area contributed by atoms with E-state index in [4.69, 9.17) is 9.47 Å². The number of carbonyl (C=O) groups excluding carboxylic acids is 1.